The number of hydrogen-bond acceptors (Lipinski definition) is 3. The molecular formula is C15H28N2OS. The lowest BCUT2D eigenvalue weighted by Gasteiger charge is -2.37. The van der Waals surface area contributed by atoms with Crippen LogP contribution in [0.5, 0.6) is 0 Å². The summed E-state index contributed by atoms with van der Waals surface area (Å²) in [5.74, 6) is 0.692. The van der Waals surface area contributed by atoms with Gasteiger partial charge in [0.25, 0.3) is 0 Å². The normalized spacial score (nSPS) is 35.6. The molecule has 0 aromatic carbocycles. The maximum atomic E-state index is 12.8. The molecule has 1 amide bonds. The van der Waals surface area contributed by atoms with Crippen LogP contribution in [0.1, 0.15) is 46.0 Å². The van der Waals surface area contributed by atoms with Gasteiger partial charge in [-0.3, -0.25) is 4.79 Å². The molecule has 1 saturated heterocycles. The van der Waals surface area contributed by atoms with Crippen LogP contribution in [-0.4, -0.2) is 36.5 Å². The van der Waals surface area contributed by atoms with Crippen LogP contribution in [0.15, 0.2) is 0 Å². The molecule has 1 aliphatic heterocycles. The second-order valence-corrected chi connectivity index (χ2v) is 7.45. The lowest BCUT2D eigenvalue weighted by atomic mass is 9.75. The molecule has 0 aromatic heterocycles. The molecule has 0 aromatic rings. The predicted octanol–water partition coefficient (Wildman–Crippen LogP) is 2.41. The van der Waals surface area contributed by atoms with Gasteiger partial charge in [0.1, 0.15) is 0 Å². The van der Waals surface area contributed by atoms with Gasteiger partial charge in [-0.2, -0.15) is 11.8 Å². The summed E-state index contributed by atoms with van der Waals surface area (Å²) in [6.45, 7) is 6.17. The smallest absolute Gasteiger partial charge is 0.228 e. The predicted molar refractivity (Wildman–Crippen MR) is 82.5 cm³/mol. The third-order valence-corrected chi connectivity index (χ3v) is 6.24. The average molecular weight is 284 g/mol. The van der Waals surface area contributed by atoms with Crippen molar-refractivity contribution in [2.24, 2.45) is 11.3 Å². The topological polar surface area (TPSA) is 41.1 Å². The second-order valence-electron chi connectivity index (χ2n) is 6.38. The number of hydrogen-bond donors (Lipinski definition) is 2. The van der Waals surface area contributed by atoms with Gasteiger partial charge in [-0.05, 0) is 38.0 Å². The average Bonchev–Trinajstić information content (AvgIpc) is 2.90. The Hall–Kier alpha value is -0.220. The molecule has 1 heterocycles. The molecular weight excluding hydrogens is 256 g/mol. The summed E-state index contributed by atoms with van der Waals surface area (Å²) in [6, 6.07) is 0.382. The van der Waals surface area contributed by atoms with E-state index in [0.29, 0.717) is 23.1 Å². The van der Waals surface area contributed by atoms with E-state index in [2.05, 4.69) is 30.7 Å². The van der Waals surface area contributed by atoms with E-state index >= 15 is 0 Å². The quantitative estimate of drug-likeness (QED) is 0.833. The molecule has 3 unspecified atom stereocenters. The molecule has 0 radical (unpaired) electrons. The monoisotopic (exact) mass is 284 g/mol. The number of carbonyl (C=O) groups excluding carboxylic acids is 1. The third-order valence-electron chi connectivity index (χ3n) is 5.07. The Morgan fingerprint density at radius 1 is 1.37 bits per heavy atom. The van der Waals surface area contributed by atoms with Crippen molar-refractivity contribution >= 4 is 17.7 Å². The minimum atomic E-state index is -0.180. The van der Waals surface area contributed by atoms with Crippen molar-refractivity contribution in [2.45, 2.75) is 57.2 Å². The summed E-state index contributed by atoms with van der Waals surface area (Å²) in [5.41, 5.74) is -0.180. The summed E-state index contributed by atoms with van der Waals surface area (Å²) < 4.78 is 0. The van der Waals surface area contributed by atoms with Gasteiger partial charge >= 0.3 is 0 Å². The fraction of sp³-hybridized carbons (Fsp3) is 0.933. The first kappa shape index (κ1) is 15.2. The van der Waals surface area contributed by atoms with Gasteiger partial charge in [0.2, 0.25) is 5.91 Å². The summed E-state index contributed by atoms with van der Waals surface area (Å²) in [5, 5.41) is 7.36. The molecule has 1 aliphatic carbocycles. The molecule has 4 heteroatoms. The molecule has 3 nitrogen and oxygen atoms in total. The maximum absolute atomic E-state index is 12.8. The molecule has 2 fully saturated rings. The Kier molecular flexibility index (Phi) is 5.18. The molecule has 0 spiro atoms. The number of carbonyl (C=O) groups is 1. The fourth-order valence-electron chi connectivity index (χ4n) is 3.52. The zero-order chi connectivity index (χ0) is 13.9. The van der Waals surface area contributed by atoms with E-state index < -0.39 is 0 Å². The Morgan fingerprint density at radius 2 is 2.11 bits per heavy atom. The van der Waals surface area contributed by atoms with Crippen molar-refractivity contribution in [3.63, 3.8) is 0 Å². The maximum Gasteiger partial charge on any atom is 0.228 e. The highest BCUT2D eigenvalue weighted by Gasteiger charge is 2.44. The summed E-state index contributed by atoms with van der Waals surface area (Å²) in [4.78, 5) is 12.8. The summed E-state index contributed by atoms with van der Waals surface area (Å²) in [7, 11) is 0. The highest BCUT2D eigenvalue weighted by Crippen LogP contribution is 2.35. The lowest BCUT2D eigenvalue weighted by Crippen LogP contribution is -2.52. The van der Waals surface area contributed by atoms with Crippen molar-refractivity contribution in [1.29, 1.82) is 0 Å². The van der Waals surface area contributed by atoms with Crippen LogP contribution in [0.25, 0.3) is 0 Å². The largest absolute Gasteiger partial charge is 0.352 e. The SMILES string of the molecule is CSC1CCCCC1NC(=O)C1(C(C)C)CCNC1. The number of amides is 1. The molecule has 110 valence electrons. The van der Waals surface area contributed by atoms with Crippen LogP contribution in [-0.2, 0) is 4.79 Å². The minimum absolute atomic E-state index is 0.180. The van der Waals surface area contributed by atoms with E-state index in [1.54, 1.807) is 0 Å². The minimum Gasteiger partial charge on any atom is -0.352 e. The second kappa shape index (κ2) is 6.49. The van der Waals surface area contributed by atoms with E-state index in [4.69, 9.17) is 0 Å². The van der Waals surface area contributed by atoms with Gasteiger partial charge < -0.3 is 10.6 Å². The number of rotatable bonds is 4. The van der Waals surface area contributed by atoms with Gasteiger partial charge in [0.15, 0.2) is 0 Å². The van der Waals surface area contributed by atoms with Gasteiger partial charge in [0.05, 0.1) is 5.41 Å². The third kappa shape index (κ3) is 3.10. The van der Waals surface area contributed by atoms with Crippen LogP contribution in [0.3, 0.4) is 0 Å². The zero-order valence-corrected chi connectivity index (χ0v) is 13.3. The molecule has 0 bridgehead atoms. The van der Waals surface area contributed by atoms with Gasteiger partial charge in [0, 0.05) is 17.8 Å². The van der Waals surface area contributed by atoms with Crippen molar-refractivity contribution in [3.8, 4) is 0 Å². The Labute approximate surface area is 121 Å². The van der Waals surface area contributed by atoms with Gasteiger partial charge in [-0.25, -0.2) is 0 Å². The van der Waals surface area contributed by atoms with Crippen LogP contribution < -0.4 is 10.6 Å². The van der Waals surface area contributed by atoms with E-state index in [-0.39, 0.29) is 5.41 Å². The van der Waals surface area contributed by atoms with Gasteiger partial charge in [-0.15, -0.1) is 0 Å². The Balaban J connectivity index is 2.02. The highest BCUT2D eigenvalue weighted by molar-refractivity contribution is 7.99. The Bertz CT molecular complexity index is 313. The standard InChI is InChI=1S/C15H28N2OS/c1-11(2)15(8-9-16-10-15)14(18)17-12-6-4-5-7-13(12)19-3/h11-13,16H,4-10H2,1-3H3,(H,17,18). The number of thioether (sulfide) groups is 1. The molecule has 2 aliphatic rings. The first-order valence-corrected chi connectivity index (χ1v) is 8.93. The molecule has 19 heavy (non-hydrogen) atoms. The van der Waals surface area contributed by atoms with E-state index in [1.807, 2.05) is 11.8 Å². The van der Waals surface area contributed by atoms with Crippen molar-refractivity contribution in [1.82, 2.24) is 10.6 Å². The van der Waals surface area contributed by atoms with Crippen molar-refractivity contribution < 1.29 is 4.79 Å². The van der Waals surface area contributed by atoms with Crippen LogP contribution in [0, 0.1) is 11.3 Å². The summed E-state index contributed by atoms with van der Waals surface area (Å²) >= 11 is 1.92. The zero-order valence-electron chi connectivity index (χ0n) is 12.5. The summed E-state index contributed by atoms with van der Waals surface area (Å²) in [6.07, 6.45) is 8.12. The highest BCUT2D eigenvalue weighted by atomic mass is 32.2. The first-order chi connectivity index (χ1) is 9.10. The van der Waals surface area contributed by atoms with Crippen molar-refractivity contribution in [2.75, 3.05) is 19.3 Å². The van der Waals surface area contributed by atoms with Crippen LogP contribution >= 0.6 is 11.8 Å². The molecule has 3 atom stereocenters. The van der Waals surface area contributed by atoms with Crippen LogP contribution in [0.2, 0.25) is 0 Å². The van der Waals surface area contributed by atoms with Gasteiger partial charge in [-0.1, -0.05) is 26.7 Å². The van der Waals surface area contributed by atoms with E-state index in [0.717, 1.165) is 25.9 Å². The van der Waals surface area contributed by atoms with Crippen molar-refractivity contribution in [3.05, 3.63) is 0 Å². The van der Waals surface area contributed by atoms with E-state index in [9.17, 15) is 4.79 Å². The fourth-order valence-corrected chi connectivity index (χ4v) is 4.45. The number of nitrogens with one attached hydrogen (secondary N) is 2. The molecule has 2 N–H and O–H groups in total. The Morgan fingerprint density at radius 3 is 2.68 bits per heavy atom. The molecule has 2 rings (SSSR count). The first-order valence-electron chi connectivity index (χ1n) is 7.64. The molecule has 1 saturated carbocycles. The van der Waals surface area contributed by atoms with Crippen LogP contribution in [0.4, 0.5) is 0 Å². The van der Waals surface area contributed by atoms with E-state index in [1.165, 1.54) is 19.3 Å². The lowest BCUT2D eigenvalue weighted by molar-refractivity contribution is -0.133.